The molecule has 0 aliphatic heterocycles. The van der Waals surface area contributed by atoms with E-state index in [9.17, 15) is 13.2 Å². The molecule has 0 heterocycles. The molecule has 0 saturated carbocycles. The van der Waals surface area contributed by atoms with Crippen LogP contribution in [0.3, 0.4) is 0 Å². The van der Waals surface area contributed by atoms with Gasteiger partial charge >= 0.3 is 0 Å². The molecule has 1 amide bonds. The van der Waals surface area contributed by atoms with Crippen molar-refractivity contribution in [2.75, 3.05) is 18.6 Å². The van der Waals surface area contributed by atoms with Crippen molar-refractivity contribution < 1.29 is 13.2 Å². The molecule has 2 aromatic rings. The number of nitrogens with one attached hydrogen (secondary N) is 1. The predicted octanol–water partition coefficient (Wildman–Crippen LogP) is 2.87. The molecule has 0 unspecified atom stereocenters. The predicted molar refractivity (Wildman–Crippen MR) is 96.3 cm³/mol. The van der Waals surface area contributed by atoms with Crippen molar-refractivity contribution in [3.63, 3.8) is 0 Å². The van der Waals surface area contributed by atoms with E-state index < -0.39 is 16.1 Å². The van der Waals surface area contributed by atoms with Gasteiger partial charge in [-0.15, -0.1) is 0 Å². The fourth-order valence-electron chi connectivity index (χ4n) is 2.42. The quantitative estimate of drug-likeness (QED) is 0.905. The van der Waals surface area contributed by atoms with Gasteiger partial charge in [-0.2, -0.15) is 4.31 Å². The van der Waals surface area contributed by atoms with Crippen molar-refractivity contribution >= 4 is 21.6 Å². The van der Waals surface area contributed by atoms with E-state index in [1.807, 2.05) is 38.1 Å². The molecule has 0 bridgehead atoms. The van der Waals surface area contributed by atoms with Crippen molar-refractivity contribution in [3.05, 3.63) is 65.2 Å². The highest BCUT2D eigenvalue weighted by Gasteiger charge is 2.30. The maximum absolute atomic E-state index is 12.8. The Morgan fingerprint density at radius 2 is 1.71 bits per heavy atom. The molecule has 0 fully saturated rings. The lowest BCUT2D eigenvalue weighted by molar-refractivity contribution is -0.119. The number of likely N-dealkylation sites (N-methyl/N-ethyl adjacent to an activating group) is 1. The second kappa shape index (κ2) is 7.15. The number of nitrogens with zero attached hydrogens (tertiary/aromatic N) is 1. The number of hydrogen-bond donors (Lipinski definition) is 1. The summed E-state index contributed by atoms with van der Waals surface area (Å²) in [6.45, 7) is 3.83. The van der Waals surface area contributed by atoms with Crippen LogP contribution in [-0.2, 0) is 14.8 Å². The topological polar surface area (TPSA) is 66.5 Å². The number of aryl methyl sites for hydroxylation is 2. The smallest absolute Gasteiger partial charge is 0.247 e. The maximum Gasteiger partial charge on any atom is 0.247 e. The number of sulfonamides is 1. The lowest BCUT2D eigenvalue weighted by atomic mass is 10.1. The molecule has 24 heavy (non-hydrogen) atoms. The van der Waals surface area contributed by atoms with Crippen LogP contribution in [0, 0.1) is 13.8 Å². The SMILES string of the molecule is Cc1ccc(C)c(NC(=O)[C@@H](c2ccccc2)N(C)S(C)(=O)=O)c1. The lowest BCUT2D eigenvalue weighted by Gasteiger charge is -2.26. The first-order chi connectivity index (χ1) is 11.2. The van der Waals surface area contributed by atoms with E-state index in [4.69, 9.17) is 0 Å². The van der Waals surface area contributed by atoms with Gasteiger partial charge in [-0.3, -0.25) is 4.79 Å². The van der Waals surface area contributed by atoms with E-state index in [-0.39, 0.29) is 5.91 Å². The number of carbonyl (C=O) groups excluding carboxylic acids is 1. The van der Waals surface area contributed by atoms with Crippen LogP contribution in [0.15, 0.2) is 48.5 Å². The Morgan fingerprint density at radius 1 is 1.08 bits per heavy atom. The molecule has 0 aliphatic rings. The van der Waals surface area contributed by atoms with Crippen molar-refractivity contribution in [2.24, 2.45) is 0 Å². The van der Waals surface area contributed by atoms with Gasteiger partial charge < -0.3 is 5.32 Å². The minimum Gasteiger partial charge on any atom is -0.324 e. The molecule has 0 aliphatic carbocycles. The lowest BCUT2D eigenvalue weighted by Crippen LogP contribution is -2.38. The number of benzene rings is 2. The van der Waals surface area contributed by atoms with Gasteiger partial charge in [0.25, 0.3) is 0 Å². The Labute approximate surface area is 143 Å². The Balaban J connectivity index is 2.40. The molecule has 128 valence electrons. The number of carbonyl (C=O) groups is 1. The fraction of sp³-hybridized carbons (Fsp3) is 0.278. The molecule has 5 nitrogen and oxygen atoms in total. The Kier molecular flexibility index (Phi) is 5.41. The van der Waals surface area contributed by atoms with E-state index in [1.165, 1.54) is 7.05 Å². The molecule has 2 aromatic carbocycles. The molecule has 0 radical (unpaired) electrons. The maximum atomic E-state index is 12.8. The monoisotopic (exact) mass is 346 g/mol. The minimum atomic E-state index is -3.53. The normalized spacial score (nSPS) is 12.9. The molecule has 0 aromatic heterocycles. The van der Waals surface area contributed by atoms with Gasteiger partial charge in [0.05, 0.1) is 6.26 Å². The second-order valence-electron chi connectivity index (χ2n) is 5.90. The fourth-order valence-corrected chi connectivity index (χ4v) is 3.03. The van der Waals surface area contributed by atoms with Gasteiger partial charge in [0, 0.05) is 12.7 Å². The standard InChI is InChI=1S/C18H22N2O3S/c1-13-10-11-14(2)16(12-13)19-18(21)17(20(3)24(4,22)23)15-8-6-5-7-9-15/h5-12,17H,1-4H3,(H,19,21)/t17-/m1/s1. The summed E-state index contributed by atoms with van der Waals surface area (Å²) in [7, 11) is -2.12. The van der Waals surface area contributed by atoms with Crippen molar-refractivity contribution in [3.8, 4) is 0 Å². The van der Waals surface area contributed by atoms with Gasteiger partial charge in [-0.25, -0.2) is 8.42 Å². The molecular formula is C18H22N2O3S. The Morgan fingerprint density at radius 3 is 2.29 bits per heavy atom. The highest BCUT2D eigenvalue weighted by molar-refractivity contribution is 7.88. The van der Waals surface area contributed by atoms with Crippen molar-refractivity contribution in [1.82, 2.24) is 4.31 Å². The van der Waals surface area contributed by atoms with Gasteiger partial charge in [-0.1, -0.05) is 42.5 Å². The number of anilines is 1. The van der Waals surface area contributed by atoms with E-state index in [1.54, 1.807) is 24.3 Å². The van der Waals surface area contributed by atoms with Crippen LogP contribution < -0.4 is 5.32 Å². The van der Waals surface area contributed by atoms with Gasteiger partial charge in [0.1, 0.15) is 6.04 Å². The van der Waals surface area contributed by atoms with Crippen LogP contribution in [0.5, 0.6) is 0 Å². The average Bonchev–Trinajstić information content (AvgIpc) is 2.51. The third kappa shape index (κ3) is 4.21. The molecule has 0 spiro atoms. The van der Waals surface area contributed by atoms with Crippen LogP contribution in [0.4, 0.5) is 5.69 Å². The van der Waals surface area contributed by atoms with Crippen LogP contribution >= 0.6 is 0 Å². The Bertz CT molecular complexity index is 833. The summed E-state index contributed by atoms with van der Waals surface area (Å²) in [4.78, 5) is 12.8. The summed E-state index contributed by atoms with van der Waals surface area (Å²) in [5, 5.41) is 2.86. The number of amides is 1. The van der Waals surface area contributed by atoms with Gasteiger partial charge in [0.2, 0.25) is 15.9 Å². The van der Waals surface area contributed by atoms with E-state index in [2.05, 4.69) is 5.32 Å². The molecule has 2 rings (SSSR count). The number of rotatable bonds is 5. The van der Waals surface area contributed by atoms with E-state index in [0.717, 1.165) is 21.7 Å². The third-order valence-electron chi connectivity index (χ3n) is 3.90. The Hall–Kier alpha value is -2.18. The molecular weight excluding hydrogens is 324 g/mol. The number of hydrogen-bond acceptors (Lipinski definition) is 3. The zero-order valence-corrected chi connectivity index (χ0v) is 15.1. The van der Waals surface area contributed by atoms with Crippen molar-refractivity contribution in [1.29, 1.82) is 0 Å². The average molecular weight is 346 g/mol. The third-order valence-corrected chi connectivity index (χ3v) is 5.16. The second-order valence-corrected chi connectivity index (χ2v) is 7.94. The minimum absolute atomic E-state index is 0.386. The largest absolute Gasteiger partial charge is 0.324 e. The summed E-state index contributed by atoms with van der Waals surface area (Å²) in [6.07, 6.45) is 1.09. The summed E-state index contributed by atoms with van der Waals surface area (Å²) in [5.74, 6) is -0.386. The van der Waals surface area contributed by atoms with E-state index in [0.29, 0.717) is 11.3 Å². The van der Waals surface area contributed by atoms with Gasteiger partial charge in [0.15, 0.2) is 0 Å². The first-order valence-corrected chi connectivity index (χ1v) is 9.41. The molecule has 1 N–H and O–H groups in total. The van der Waals surface area contributed by atoms with Crippen LogP contribution in [0.1, 0.15) is 22.7 Å². The summed E-state index contributed by atoms with van der Waals surface area (Å²) < 4.78 is 25.0. The zero-order valence-electron chi connectivity index (χ0n) is 14.3. The zero-order chi connectivity index (χ0) is 17.9. The van der Waals surface area contributed by atoms with Crippen LogP contribution in [0.25, 0.3) is 0 Å². The first kappa shape index (κ1) is 18.2. The van der Waals surface area contributed by atoms with Crippen molar-refractivity contribution in [2.45, 2.75) is 19.9 Å². The molecule has 0 saturated heterocycles. The summed E-state index contributed by atoms with van der Waals surface area (Å²) in [6, 6.07) is 13.7. The highest BCUT2D eigenvalue weighted by Crippen LogP contribution is 2.25. The molecule has 6 heteroatoms. The van der Waals surface area contributed by atoms with Crippen LogP contribution in [-0.4, -0.2) is 31.9 Å². The van der Waals surface area contributed by atoms with E-state index >= 15 is 0 Å². The van der Waals surface area contributed by atoms with Crippen LogP contribution in [0.2, 0.25) is 0 Å². The highest BCUT2D eigenvalue weighted by atomic mass is 32.2. The summed E-state index contributed by atoms with van der Waals surface area (Å²) >= 11 is 0. The summed E-state index contributed by atoms with van der Waals surface area (Å²) in [5.41, 5.74) is 3.24. The molecule has 1 atom stereocenters. The first-order valence-electron chi connectivity index (χ1n) is 7.56. The van der Waals surface area contributed by atoms with Gasteiger partial charge in [-0.05, 0) is 36.6 Å².